The van der Waals surface area contributed by atoms with Crippen molar-refractivity contribution in [1.29, 1.82) is 0 Å². The third-order valence-electron chi connectivity index (χ3n) is 1.43. The van der Waals surface area contributed by atoms with Gasteiger partial charge in [-0.3, -0.25) is 0 Å². The minimum atomic E-state index is -1.60. The highest BCUT2D eigenvalue weighted by molar-refractivity contribution is 6.42. The lowest BCUT2D eigenvalue weighted by Crippen LogP contribution is -1.96. The normalized spacial score (nSPS) is 9.43. The van der Waals surface area contributed by atoms with Crippen molar-refractivity contribution in [1.82, 2.24) is 0 Å². The monoisotopic (exact) mass is 244 g/mol. The van der Waals surface area contributed by atoms with Crippen molar-refractivity contribution in [3.05, 3.63) is 33.1 Å². The third kappa shape index (κ3) is 2.34. The van der Waals surface area contributed by atoms with Gasteiger partial charge >= 0.3 is 0 Å². The highest BCUT2D eigenvalue weighted by Crippen LogP contribution is 2.32. The summed E-state index contributed by atoms with van der Waals surface area (Å²) < 4.78 is 37.8. The molecule has 1 aromatic rings. The van der Waals surface area contributed by atoms with E-state index in [9.17, 15) is 13.2 Å². The van der Waals surface area contributed by atoms with Gasteiger partial charge in [0.05, 0.1) is 10.0 Å². The van der Waals surface area contributed by atoms with Crippen LogP contribution in [0.15, 0.2) is 0 Å². The molecule has 0 nitrogen and oxygen atoms in total. The van der Waals surface area contributed by atoms with Gasteiger partial charge in [-0.25, -0.2) is 13.2 Å². The summed E-state index contributed by atoms with van der Waals surface area (Å²) in [5.41, 5.74) is -0.194. The summed E-state index contributed by atoms with van der Waals surface area (Å²) in [4.78, 5) is 0. The van der Waals surface area contributed by atoms with Crippen LogP contribution in [-0.2, 0) is 0 Å². The average molecular weight is 245 g/mol. The van der Waals surface area contributed by atoms with Crippen molar-refractivity contribution >= 4 is 23.2 Å². The molecule has 0 aliphatic rings. The second kappa shape index (κ2) is 5.47. The number of benzene rings is 1. The molecule has 0 N–H and O–H groups in total. The van der Waals surface area contributed by atoms with Gasteiger partial charge in [-0.1, -0.05) is 37.0 Å². The fourth-order valence-corrected chi connectivity index (χ4v) is 1.11. The summed E-state index contributed by atoms with van der Waals surface area (Å²) in [6, 6.07) is 0. The van der Waals surface area contributed by atoms with Crippen LogP contribution in [0.5, 0.6) is 0 Å². The number of halogens is 5. The van der Waals surface area contributed by atoms with Gasteiger partial charge in [-0.15, -0.1) is 0 Å². The molecule has 1 aromatic carbocycles. The van der Waals surface area contributed by atoms with Crippen LogP contribution < -0.4 is 0 Å². The van der Waals surface area contributed by atoms with Gasteiger partial charge in [0.2, 0.25) is 0 Å². The molecule has 0 spiro atoms. The largest absolute Gasteiger partial charge is 0.203 e. The van der Waals surface area contributed by atoms with Crippen LogP contribution in [0.4, 0.5) is 13.2 Å². The standard InChI is InChI=1S/C7H3Cl2F3.C2H6/c1-2-3(8)4(9)6(11)7(12)5(2)10;1-2/h1H3;1-2H3. The van der Waals surface area contributed by atoms with Crippen molar-refractivity contribution < 1.29 is 13.2 Å². The van der Waals surface area contributed by atoms with Crippen molar-refractivity contribution in [2.24, 2.45) is 0 Å². The zero-order chi connectivity index (χ0) is 11.5. The second-order valence-corrected chi connectivity index (χ2v) is 2.95. The molecule has 0 unspecified atom stereocenters. The topological polar surface area (TPSA) is 0 Å². The van der Waals surface area contributed by atoms with Crippen LogP contribution >= 0.6 is 23.2 Å². The Bertz CT molecular complexity index is 232. The van der Waals surface area contributed by atoms with E-state index in [0.717, 1.165) is 0 Å². The molecular formula is C9H9Cl2F3. The van der Waals surface area contributed by atoms with Gasteiger partial charge in [-0.05, 0) is 6.92 Å². The highest BCUT2D eigenvalue weighted by Gasteiger charge is 2.19. The molecule has 0 saturated carbocycles. The van der Waals surface area contributed by atoms with E-state index >= 15 is 0 Å². The van der Waals surface area contributed by atoms with E-state index < -0.39 is 22.5 Å². The summed E-state index contributed by atoms with van der Waals surface area (Å²) in [7, 11) is 0. The Kier molecular flexibility index (Phi) is 5.31. The van der Waals surface area contributed by atoms with Crippen molar-refractivity contribution in [2.75, 3.05) is 0 Å². The number of rotatable bonds is 0. The molecular weight excluding hydrogens is 236 g/mol. The molecule has 0 aliphatic carbocycles. The quantitative estimate of drug-likeness (QED) is 0.457. The molecule has 0 aromatic heterocycles. The van der Waals surface area contributed by atoms with E-state index in [1.54, 1.807) is 0 Å². The Balaban J connectivity index is 0.000000791. The molecule has 80 valence electrons. The maximum atomic E-state index is 12.7. The van der Waals surface area contributed by atoms with Crippen LogP contribution in [0, 0.1) is 24.4 Å². The summed E-state index contributed by atoms with van der Waals surface area (Å²) in [6.45, 7) is 5.21. The Morgan fingerprint density at radius 2 is 1.21 bits per heavy atom. The molecule has 0 atom stereocenters. The van der Waals surface area contributed by atoms with Gasteiger partial charge in [-0.2, -0.15) is 0 Å². The number of hydrogen-bond donors (Lipinski definition) is 0. The van der Waals surface area contributed by atoms with E-state index in [-0.39, 0.29) is 10.6 Å². The first-order valence-corrected chi connectivity index (χ1v) is 4.70. The minimum Gasteiger partial charge on any atom is -0.203 e. The Labute approximate surface area is 90.6 Å². The molecule has 0 fully saturated rings. The lowest BCUT2D eigenvalue weighted by molar-refractivity contribution is 0.444. The fourth-order valence-electron chi connectivity index (χ4n) is 0.715. The van der Waals surface area contributed by atoms with Crippen molar-refractivity contribution in [3.8, 4) is 0 Å². The molecule has 0 heterocycles. The van der Waals surface area contributed by atoms with Crippen molar-refractivity contribution in [3.63, 3.8) is 0 Å². The predicted octanol–water partition coefficient (Wildman–Crippen LogP) is 4.75. The fraction of sp³-hybridized carbons (Fsp3) is 0.333. The molecule has 1 rings (SSSR count). The maximum Gasteiger partial charge on any atom is 0.196 e. The van der Waals surface area contributed by atoms with Gasteiger partial charge in [0, 0.05) is 5.56 Å². The van der Waals surface area contributed by atoms with Crippen molar-refractivity contribution in [2.45, 2.75) is 20.8 Å². The van der Waals surface area contributed by atoms with Crippen LogP contribution in [0.2, 0.25) is 10.0 Å². The first kappa shape index (κ1) is 13.6. The zero-order valence-corrected chi connectivity index (χ0v) is 9.40. The van der Waals surface area contributed by atoms with E-state index in [0.29, 0.717) is 0 Å². The molecule has 14 heavy (non-hydrogen) atoms. The first-order chi connectivity index (χ1) is 6.46. The van der Waals surface area contributed by atoms with E-state index in [1.807, 2.05) is 13.8 Å². The van der Waals surface area contributed by atoms with Crippen LogP contribution in [-0.4, -0.2) is 0 Å². The third-order valence-corrected chi connectivity index (χ3v) is 2.35. The molecule has 0 radical (unpaired) electrons. The summed E-state index contributed by atoms with van der Waals surface area (Å²) in [5.74, 6) is -4.35. The lowest BCUT2D eigenvalue weighted by atomic mass is 10.2. The van der Waals surface area contributed by atoms with E-state index in [4.69, 9.17) is 23.2 Å². The van der Waals surface area contributed by atoms with Gasteiger partial charge in [0.15, 0.2) is 17.5 Å². The molecule has 0 amide bonds. The summed E-state index contributed by atoms with van der Waals surface area (Å²) >= 11 is 10.6. The Hall–Kier alpha value is -0.410. The SMILES string of the molecule is CC.Cc1c(F)c(F)c(F)c(Cl)c1Cl. The summed E-state index contributed by atoms with van der Waals surface area (Å²) in [6.07, 6.45) is 0. The second-order valence-electron chi connectivity index (χ2n) is 2.19. The van der Waals surface area contributed by atoms with E-state index in [2.05, 4.69) is 0 Å². The zero-order valence-electron chi connectivity index (χ0n) is 7.89. The van der Waals surface area contributed by atoms with Crippen LogP contribution in [0.25, 0.3) is 0 Å². The minimum absolute atomic E-state index is 0.194. The maximum absolute atomic E-state index is 12.7. The van der Waals surface area contributed by atoms with Crippen LogP contribution in [0.1, 0.15) is 19.4 Å². The smallest absolute Gasteiger partial charge is 0.196 e. The molecule has 0 aliphatic heterocycles. The lowest BCUT2D eigenvalue weighted by Gasteiger charge is -2.04. The first-order valence-electron chi connectivity index (χ1n) is 3.94. The van der Waals surface area contributed by atoms with Gasteiger partial charge in [0.25, 0.3) is 0 Å². The van der Waals surface area contributed by atoms with Gasteiger partial charge in [0.1, 0.15) is 0 Å². The highest BCUT2D eigenvalue weighted by atomic mass is 35.5. The molecule has 5 heteroatoms. The predicted molar refractivity (Wildman–Crippen MR) is 52.4 cm³/mol. The Morgan fingerprint density at radius 1 is 0.786 bits per heavy atom. The number of hydrogen-bond acceptors (Lipinski definition) is 0. The van der Waals surface area contributed by atoms with E-state index in [1.165, 1.54) is 6.92 Å². The summed E-state index contributed by atoms with van der Waals surface area (Å²) in [5, 5.41) is -0.888. The van der Waals surface area contributed by atoms with Crippen LogP contribution in [0.3, 0.4) is 0 Å². The average Bonchev–Trinajstić information content (AvgIpc) is 2.24. The molecule has 0 saturated heterocycles. The Morgan fingerprint density at radius 3 is 1.64 bits per heavy atom. The van der Waals surface area contributed by atoms with Gasteiger partial charge < -0.3 is 0 Å². The molecule has 0 bridgehead atoms.